The summed E-state index contributed by atoms with van der Waals surface area (Å²) >= 11 is 0. The Morgan fingerprint density at radius 3 is 2.67 bits per heavy atom. The van der Waals surface area contributed by atoms with Crippen LogP contribution in [0.2, 0.25) is 0 Å². The molecule has 0 fully saturated rings. The van der Waals surface area contributed by atoms with E-state index in [0.717, 1.165) is 0 Å². The van der Waals surface area contributed by atoms with Gasteiger partial charge in [-0.3, -0.25) is 19.9 Å². The number of hydrogen-bond donors (Lipinski definition) is 2. The van der Waals surface area contributed by atoms with Gasteiger partial charge in [0.1, 0.15) is 5.92 Å². The summed E-state index contributed by atoms with van der Waals surface area (Å²) in [6.45, 7) is 0. The normalized spacial score (nSPS) is 18.6. The molecule has 0 bridgehead atoms. The number of nitrogen functional groups attached to an aromatic ring is 1. The van der Waals surface area contributed by atoms with E-state index in [4.69, 9.17) is 19.9 Å². The summed E-state index contributed by atoms with van der Waals surface area (Å²) in [7, 11) is 2.92. The minimum Gasteiger partial charge on any atom is -0.493 e. The molecule has 0 radical (unpaired) electrons. The molecular weight excluding hydrogens is 320 g/mol. The van der Waals surface area contributed by atoms with Gasteiger partial charge in [0.15, 0.2) is 11.5 Å². The fourth-order valence-corrected chi connectivity index (χ4v) is 2.71. The molecule has 10 heteroatoms. The SMILES string of the molecule is COc1ccc(C2c3c(nc(N)[nH]c3=O)OC2[N+](=O)[O-])cc1OC. The van der Waals surface area contributed by atoms with Crippen molar-refractivity contribution < 1.29 is 19.1 Å². The van der Waals surface area contributed by atoms with Gasteiger partial charge in [0.2, 0.25) is 11.8 Å². The molecule has 2 heterocycles. The first kappa shape index (κ1) is 15.6. The Kier molecular flexibility index (Phi) is 3.72. The number of aromatic nitrogens is 2. The topological polar surface area (TPSA) is 143 Å². The summed E-state index contributed by atoms with van der Waals surface area (Å²) < 4.78 is 15.6. The van der Waals surface area contributed by atoms with Crippen LogP contribution in [0, 0.1) is 10.1 Å². The number of aromatic amines is 1. The Bertz CT molecular complexity index is 865. The maximum Gasteiger partial charge on any atom is 0.366 e. The molecule has 0 saturated heterocycles. The third kappa shape index (κ3) is 2.37. The van der Waals surface area contributed by atoms with Crippen LogP contribution in [-0.4, -0.2) is 35.3 Å². The lowest BCUT2D eigenvalue weighted by atomic mass is 9.92. The molecule has 2 atom stereocenters. The van der Waals surface area contributed by atoms with Gasteiger partial charge in [-0.2, -0.15) is 4.98 Å². The van der Waals surface area contributed by atoms with E-state index in [-0.39, 0.29) is 17.4 Å². The van der Waals surface area contributed by atoms with Crippen LogP contribution in [0.4, 0.5) is 5.95 Å². The Morgan fingerprint density at radius 2 is 2.04 bits per heavy atom. The molecule has 1 aromatic carbocycles. The number of rotatable bonds is 4. The molecule has 0 aliphatic carbocycles. The number of anilines is 1. The highest BCUT2D eigenvalue weighted by Crippen LogP contribution is 2.41. The quantitative estimate of drug-likeness (QED) is 0.607. The highest BCUT2D eigenvalue weighted by Gasteiger charge is 2.47. The molecular formula is C14H14N4O6. The van der Waals surface area contributed by atoms with E-state index in [1.54, 1.807) is 18.2 Å². The van der Waals surface area contributed by atoms with Crippen molar-refractivity contribution in [3.05, 3.63) is 49.8 Å². The second-order valence-electron chi connectivity index (χ2n) is 5.06. The van der Waals surface area contributed by atoms with Crippen LogP contribution in [0.5, 0.6) is 17.4 Å². The summed E-state index contributed by atoms with van der Waals surface area (Å²) in [5, 5.41) is 11.4. The minimum absolute atomic E-state index is 0.0538. The number of nitro groups is 1. The molecule has 1 aliphatic rings. The maximum atomic E-state index is 12.2. The van der Waals surface area contributed by atoms with E-state index in [2.05, 4.69) is 9.97 Å². The Hall–Kier alpha value is -3.30. The van der Waals surface area contributed by atoms with Crippen molar-refractivity contribution in [1.82, 2.24) is 9.97 Å². The van der Waals surface area contributed by atoms with Crippen molar-refractivity contribution >= 4 is 5.95 Å². The van der Waals surface area contributed by atoms with Gasteiger partial charge in [-0.15, -0.1) is 0 Å². The molecule has 24 heavy (non-hydrogen) atoms. The number of ether oxygens (including phenoxy) is 3. The van der Waals surface area contributed by atoms with Crippen molar-refractivity contribution in [2.45, 2.75) is 12.1 Å². The number of nitrogens with zero attached hydrogens (tertiary/aromatic N) is 2. The fourth-order valence-electron chi connectivity index (χ4n) is 2.71. The molecule has 3 N–H and O–H groups in total. The molecule has 1 aromatic heterocycles. The smallest absolute Gasteiger partial charge is 0.366 e. The number of nitrogens with one attached hydrogen (secondary N) is 1. The van der Waals surface area contributed by atoms with E-state index in [1.165, 1.54) is 14.2 Å². The minimum atomic E-state index is -1.49. The lowest BCUT2D eigenvalue weighted by molar-refractivity contribution is -0.562. The van der Waals surface area contributed by atoms with Crippen LogP contribution in [0.1, 0.15) is 17.0 Å². The molecule has 1 aliphatic heterocycles. The van der Waals surface area contributed by atoms with Crippen LogP contribution in [0.3, 0.4) is 0 Å². The number of methoxy groups -OCH3 is 2. The van der Waals surface area contributed by atoms with Crippen molar-refractivity contribution in [1.29, 1.82) is 0 Å². The summed E-state index contributed by atoms with van der Waals surface area (Å²) in [5.41, 5.74) is 5.40. The number of hydrogen-bond acceptors (Lipinski definition) is 8. The third-order valence-electron chi connectivity index (χ3n) is 3.74. The van der Waals surface area contributed by atoms with Crippen molar-refractivity contribution in [2.24, 2.45) is 0 Å². The molecule has 126 valence electrons. The zero-order chi connectivity index (χ0) is 17.4. The third-order valence-corrected chi connectivity index (χ3v) is 3.74. The molecule has 2 aromatic rings. The number of benzene rings is 1. The first-order chi connectivity index (χ1) is 11.5. The van der Waals surface area contributed by atoms with Gasteiger partial charge in [0.05, 0.1) is 24.7 Å². The van der Waals surface area contributed by atoms with Crippen LogP contribution in [0.15, 0.2) is 23.0 Å². The van der Waals surface area contributed by atoms with Crippen LogP contribution < -0.4 is 25.5 Å². The molecule has 0 saturated carbocycles. The standard InChI is InChI=1S/C14H14N4O6/c1-22-7-4-3-6(5-8(7)23-2)9-10-11(19)16-14(15)17-12(10)24-13(9)18(20)21/h3-5,9,13H,1-2H3,(H3,15,16,17,19). The number of nitrogens with two attached hydrogens (primary N) is 1. The summed E-state index contributed by atoms with van der Waals surface area (Å²) in [6.07, 6.45) is -1.49. The molecule has 2 unspecified atom stereocenters. The van der Waals surface area contributed by atoms with Gasteiger partial charge in [-0.1, -0.05) is 6.07 Å². The predicted octanol–water partition coefficient (Wildman–Crippen LogP) is 0.496. The van der Waals surface area contributed by atoms with Gasteiger partial charge in [0.25, 0.3) is 5.56 Å². The summed E-state index contributed by atoms with van der Waals surface area (Å²) in [5.74, 6) is -0.425. The summed E-state index contributed by atoms with van der Waals surface area (Å²) in [4.78, 5) is 29.2. The average Bonchev–Trinajstić information content (AvgIpc) is 2.94. The van der Waals surface area contributed by atoms with E-state index in [9.17, 15) is 14.9 Å². The lowest BCUT2D eigenvalue weighted by Gasteiger charge is -2.14. The highest BCUT2D eigenvalue weighted by atomic mass is 16.7. The molecule has 3 rings (SSSR count). The van der Waals surface area contributed by atoms with E-state index < -0.39 is 22.6 Å². The van der Waals surface area contributed by atoms with Crippen LogP contribution >= 0.6 is 0 Å². The van der Waals surface area contributed by atoms with Gasteiger partial charge in [-0.25, -0.2) is 0 Å². The second kappa shape index (κ2) is 5.72. The molecule has 0 spiro atoms. The Morgan fingerprint density at radius 1 is 1.33 bits per heavy atom. The van der Waals surface area contributed by atoms with Crippen LogP contribution in [0.25, 0.3) is 0 Å². The molecule has 10 nitrogen and oxygen atoms in total. The average molecular weight is 334 g/mol. The lowest BCUT2D eigenvalue weighted by Crippen LogP contribution is -2.30. The zero-order valence-corrected chi connectivity index (χ0v) is 12.8. The van der Waals surface area contributed by atoms with E-state index >= 15 is 0 Å². The largest absolute Gasteiger partial charge is 0.493 e. The number of H-pyrrole nitrogens is 1. The van der Waals surface area contributed by atoms with Crippen molar-refractivity contribution in [3.63, 3.8) is 0 Å². The van der Waals surface area contributed by atoms with Crippen molar-refractivity contribution in [3.8, 4) is 17.4 Å². The van der Waals surface area contributed by atoms with E-state index in [1.807, 2.05) is 0 Å². The second-order valence-corrected chi connectivity index (χ2v) is 5.06. The summed E-state index contributed by atoms with van der Waals surface area (Å²) in [6, 6.07) is 4.77. The number of fused-ring (bicyclic) bond motifs is 1. The Labute approximate surface area is 135 Å². The van der Waals surface area contributed by atoms with E-state index in [0.29, 0.717) is 17.1 Å². The predicted molar refractivity (Wildman–Crippen MR) is 82.1 cm³/mol. The van der Waals surface area contributed by atoms with Gasteiger partial charge in [0, 0.05) is 0 Å². The van der Waals surface area contributed by atoms with Gasteiger partial charge >= 0.3 is 6.23 Å². The first-order valence-corrected chi connectivity index (χ1v) is 6.88. The molecule has 0 amide bonds. The van der Waals surface area contributed by atoms with Crippen LogP contribution in [-0.2, 0) is 0 Å². The highest BCUT2D eigenvalue weighted by molar-refractivity contribution is 5.49. The van der Waals surface area contributed by atoms with Gasteiger partial charge < -0.3 is 19.9 Å². The monoisotopic (exact) mass is 334 g/mol. The first-order valence-electron chi connectivity index (χ1n) is 6.88. The zero-order valence-electron chi connectivity index (χ0n) is 12.8. The Balaban J connectivity index is 2.18. The fraction of sp³-hybridized carbons (Fsp3) is 0.286. The van der Waals surface area contributed by atoms with Gasteiger partial charge in [-0.05, 0) is 17.7 Å². The van der Waals surface area contributed by atoms with Crippen molar-refractivity contribution in [2.75, 3.05) is 20.0 Å². The maximum absolute atomic E-state index is 12.2.